The fourth-order valence-corrected chi connectivity index (χ4v) is 8.19. The van der Waals surface area contributed by atoms with Gasteiger partial charge in [0.05, 0.1) is 48.5 Å². The smallest absolute Gasteiger partial charge is 0.151 e. The van der Waals surface area contributed by atoms with Crippen LogP contribution in [0.3, 0.4) is 0 Å². The minimum absolute atomic E-state index is 0.0280. The first kappa shape index (κ1) is 22.4. The molecule has 0 aromatic heterocycles. The topological polar surface area (TPSA) is 96.2 Å². The van der Waals surface area contributed by atoms with Crippen LogP contribution >= 0.6 is 0 Å². The van der Waals surface area contributed by atoms with E-state index in [1.54, 1.807) is 7.11 Å². The van der Waals surface area contributed by atoms with Gasteiger partial charge in [-0.3, -0.25) is 4.79 Å². The van der Waals surface area contributed by atoms with E-state index in [2.05, 4.69) is 6.92 Å². The van der Waals surface area contributed by atoms with Crippen LogP contribution in [0.5, 0.6) is 0 Å². The van der Waals surface area contributed by atoms with E-state index in [-0.39, 0.29) is 48.3 Å². The Morgan fingerprint density at radius 3 is 2.37 bits per heavy atom. The second kappa shape index (κ2) is 6.61. The summed E-state index contributed by atoms with van der Waals surface area (Å²) in [6.45, 7) is 12.1. The molecule has 4 aliphatic rings. The Bertz CT molecular complexity index is 789. The maximum atomic E-state index is 14.3. The summed E-state index contributed by atoms with van der Waals surface area (Å²) in [5, 5.41) is 33.6. The normalized spacial score (nSPS) is 52.7. The highest BCUT2D eigenvalue weighted by molar-refractivity contribution is 5.91. The number of aliphatic hydroxyl groups is 3. The lowest BCUT2D eigenvalue weighted by atomic mass is 9.40. The van der Waals surface area contributed by atoms with Crippen LogP contribution in [-0.2, 0) is 14.3 Å². The Hall–Kier alpha value is -0.790. The highest BCUT2D eigenvalue weighted by Crippen LogP contribution is 2.67. The summed E-state index contributed by atoms with van der Waals surface area (Å²) in [5.74, 6) is -1.31. The van der Waals surface area contributed by atoms with E-state index in [1.807, 2.05) is 34.6 Å². The zero-order valence-corrected chi connectivity index (χ0v) is 19.4. The number of carbonyl (C=O) groups is 1. The van der Waals surface area contributed by atoms with E-state index in [0.717, 1.165) is 0 Å². The molecular weight excluding hydrogens is 384 g/mol. The van der Waals surface area contributed by atoms with Crippen molar-refractivity contribution in [1.29, 1.82) is 0 Å². The average molecular weight is 423 g/mol. The second-order valence-electron chi connectivity index (χ2n) is 11.3. The molecule has 3 aliphatic carbocycles. The van der Waals surface area contributed by atoms with Crippen molar-refractivity contribution in [2.24, 2.45) is 34.0 Å². The fraction of sp³-hybridized carbons (Fsp3) is 0.875. The van der Waals surface area contributed by atoms with Gasteiger partial charge in [-0.05, 0) is 36.8 Å². The molecule has 6 heteroatoms. The molecule has 2 bridgehead atoms. The van der Waals surface area contributed by atoms with Gasteiger partial charge < -0.3 is 24.8 Å². The van der Waals surface area contributed by atoms with Crippen molar-refractivity contribution in [3.63, 3.8) is 0 Å². The number of ketones is 1. The number of hydrogen-bond donors (Lipinski definition) is 3. The van der Waals surface area contributed by atoms with Gasteiger partial charge >= 0.3 is 0 Å². The summed E-state index contributed by atoms with van der Waals surface area (Å²) >= 11 is 0. The summed E-state index contributed by atoms with van der Waals surface area (Å²) in [4.78, 5) is 14.3. The zero-order chi connectivity index (χ0) is 22.4. The molecule has 0 spiro atoms. The fourth-order valence-electron chi connectivity index (χ4n) is 8.19. The van der Waals surface area contributed by atoms with Crippen molar-refractivity contribution >= 4 is 5.78 Å². The zero-order valence-electron chi connectivity index (χ0n) is 19.4. The quantitative estimate of drug-likeness (QED) is 0.590. The monoisotopic (exact) mass is 422 g/mol. The molecule has 4 rings (SSSR count). The SMILES string of the molecule is CO[C@@H]1CC2OCC2(C)[C@@H]2[C@@H](C)[C@]3(O)CC(O)C(C)=C([C@@H](CO)C(=O)[C@@]12C)C3(C)C. The van der Waals surface area contributed by atoms with Gasteiger partial charge in [0.25, 0.3) is 0 Å². The van der Waals surface area contributed by atoms with Gasteiger partial charge in [0.15, 0.2) is 5.78 Å². The van der Waals surface area contributed by atoms with E-state index in [4.69, 9.17) is 9.47 Å². The maximum absolute atomic E-state index is 14.3. The largest absolute Gasteiger partial charge is 0.395 e. The molecule has 3 N–H and O–H groups in total. The molecule has 0 aromatic rings. The van der Waals surface area contributed by atoms with Crippen LogP contribution < -0.4 is 0 Å². The molecule has 9 atom stereocenters. The molecule has 2 saturated carbocycles. The summed E-state index contributed by atoms with van der Waals surface area (Å²) in [5.41, 5.74) is -1.77. The molecule has 3 unspecified atom stereocenters. The lowest BCUT2D eigenvalue weighted by molar-refractivity contribution is -0.304. The molecule has 6 nitrogen and oxygen atoms in total. The van der Waals surface area contributed by atoms with Crippen molar-refractivity contribution in [3.8, 4) is 0 Å². The summed E-state index contributed by atoms with van der Waals surface area (Å²) < 4.78 is 11.8. The third-order valence-electron chi connectivity index (χ3n) is 9.89. The van der Waals surface area contributed by atoms with Gasteiger partial charge in [-0.25, -0.2) is 0 Å². The minimum atomic E-state index is -1.24. The van der Waals surface area contributed by atoms with Gasteiger partial charge in [-0.2, -0.15) is 0 Å². The number of Topliss-reactive ketones (excluding diaryl/α,β-unsaturated/α-hetero) is 1. The van der Waals surface area contributed by atoms with E-state index in [9.17, 15) is 20.1 Å². The van der Waals surface area contributed by atoms with Crippen molar-refractivity contribution in [2.75, 3.05) is 20.3 Å². The molecule has 1 saturated heterocycles. The van der Waals surface area contributed by atoms with E-state index < -0.39 is 28.5 Å². The standard InChI is InChI=1S/C24H38O6/c1-12-15(26)9-24(28)13(2)19-22(5)11-30-16(22)8-17(29-7)23(19,6)20(27)14(10-25)18(12)21(24,3)4/h13-17,19,25-26,28H,8-11H2,1-7H3/t13-,14-,15?,16?,17-,19+,22?,23+,24-/m1/s1. The molecule has 170 valence electrons. The number of aliphatic hydroxyl groups excluding tert-OH is 2. The molecular formula is C24H38O6. The van der Waals surface area contributed by atoms with Crippen LogP contribution in [0.25, 0.3) is 0 Å². The minimum Gasteiger partial charge on any atom is -0.395 e. The maximum Gasteiger partial charge on any atom is 0.151 e. The first-order chi connectivity index (χ1) is 13.8. The lowest BCUT2D eigenvalue weighted by Crippen LogP contribution is -2.74. The first-order valence-electron chi connectivity index (χ1n) is 11.2. The number of rotatable bonds is 2. The Morgan fingerprint density at radius 2 is 1.87 bits per heavy atom. The third-order valence-corrected chi connectivity index (χ3v) is 9.89. The van der Waals surface area contributed by atoms with Crippen LogP contribution in [0.1, 0.15) is 54.4 Å². The highest BCUT2D eigenvalue weighted by Gasteiger charge is 2.72. The van der Waals surface area contributed by atoms with Crippen LogP contribution in [-0.4, -0.2) is 65.3 Å². The number of ether oxygens (including phenoxy) is 2. The van der Waals surface area contributed by atoms with Gasteiger partial charge in [0.2, 0.25) is 0 Å². The predicted octanol–water partition coefficient (Wildman–Crippen LogP) is 2.10. The van der Waals surface area contributed by atoms with Crippen LogP contribution in [0.2, 0.25) is 0 Å². The van der Waals surface area contributed by atoms with Crippen molar-refractivity contribution in [2.45, 2.75) is 78.3 Å². The van der Waals surface area contributed by atoms with Gasteiger partial charge in [-0.1, -0.05) is 27.7 Å². The summed E-state index contributed by atoms with van der Waals surface area (Å²) in [6.07, 6.45) is -0.385. The molecule has 1 heterocycles. The van der Waals surface area contributed by atoms with E-state index in [0.29, 0.717) is 24.2 Å². The van der Waals surface area contributed by atoms with Crippen molar-refractivity contribution < 1.29 is 29.6 Å². The average Bonchev–Trinajstić information content (AvgIpc) is 2.67. The lowest BCUT2D eigenvalue weighted by Gasteiger charge is -2.69. The van der Waals surface area contributed by atoms with Gasteiger partial charge in [0.1, 0.15) is 0 Å². The van der Waals surface area contributed by atoms with Crippen LogP contribution in [0.4, 0.5) is 0 Å². The molecule has 1 aliphatic heterocycles. The first-order valence-corrected chi connectivity index (χ1v) is 11.2. The van der Waals surface area contributed by atoms with Crippen molar-refractivity contribution in [1.82, 2.24) is 0 Å². The Labute approximate surface area is 179 Å². The summed E-state index contributed by atoms with van der Waals surface area (Å²) in [6, 6.07) is 0. The predicted molar refractivity (Wildman–Crippen MR) is 112 cm³/mol. The van der Waals surface area contributed by atoms with Gasteiger partial charge in [-0.15, -0.1) is 0 Å². The Kier molecular flexibility index (Phi) is 4.94. The molecule has 0 radical (unpaired) electrons. The van der Waals surface area contributed by atoms with Crippen LogP contribution in [0.15, 0.2) is 11.1 Å². The highest BCUT2D eigenvalue weighted by atomic mass is 16.5. The number of fused-ring (bicyclic) bond motifs is 5. The van der Waals surface area contributed by atoms with E-state index in [1.165, 1.54) is 0 Å². The van der Waals surface area contributed by atoms with Gasteiger partial charge in [0, 0.05) is 30.8 Å². The van der Waals surface area contributed by atoms with E-state index >= 15 is 0 Å². The number of hydrogen-bond acceptors (Lipinski definition) is 6. The number of carbonyl (C=O) groups excluding carboxylic acids is 1. The second-order valence-corrected chi connectivity index (χ2v) is 11.3. The molecule has 3 fully saturated rings. The number of methoxy groups -OCH3 is 1. The van der Waals surface area contributed by atoms with Crippen molar-refractivity contribution in [3.05, 3.63) is 11.1 Å². The van der Waals surface area contributed by atoms with Crippen LogP contribution in [0, 0.1) is 34.0 Å². The Morgan fingerprint density at radius 1 is 1.23 bits per heavy atom. The third kappa shape index (κ3) is 2.35. The Balaban J connectivity index is 2.04. The molecule has 0 aromatic carbocycles. The molecule has 0 amide bonds. The summed E-state index contributed by atoms with van der Waals surface area (Å²) in [7, 11) is 1.63. The molecule has 30 heavy (non-hydrogen) atoms.